The molecule has 2 heterocycles. The SMILES string of the molecule is FC1(c2ccc3ncccc3c2)CCCNCC1. The van der Waals surface area contributed by atoms with Crippen LogP contribution in [0, 0.1) is 0 Å². The van der Waals surface area contributed by atoms with Gasteiger partial charge >= 0.3 is 0 Å². The number of pyridine rings is 1. The summed E-state index contributed by atoms with van der Waals surface area (Å²) in [5.74, 6) is 0. The lowest BCUT2D eigenvalue weighted by Crippen LogP contribution is -2.22. The lowest BCUT2D eigenvalue weighted by molar-refractivity contribution is 0.145. The molecule has 2 nitrogen and oxygen atoms in total. The standard InChI is InChI=1S/C15H17FN2/c16-15(6-2-8-17-10-7-15)13-4-5-14-12(11-13)3-1-9-18-14/h1,3-5,9,11,17H,2,6-8,10H2. The van der Waals surface area contributed by atoms with Gasteiger partial charge in [0.05, 0.1) is 5.52 Å². The molecule has 1 aromatic carbocycles. The van der Waals surface area contributed by atoms with Gasteiger partial charge < -0.3 is 5.32 Å². The van der Waals surface area contributed by atoms with E-state index >= 15 is 4.39 Å². The average molecular weight is 244 g/mol. The van der Waals surface area contributed by atoms with Crippen molar-refractivity contribution in [2.24, 2.45) is 0 Å². The molecule has 3 heteroatoms. The van der Waals surface area contributed by atoms with Crippen LogP contribution in [0.5, 0.6) is 0 Å². The summed E-state index contributed by atoms with van der Waals surface area (Å²) in [6.07, 6.45) is 3.81. The zero-order valence-corrected chi connectivity index (χ0v) is 10.3. The Labute approximate surface area is 106 Å². The number of nitrogens with zero attached hydrogens (tertiary/aromatic N) is 1. The molecule has 1 aromatic heterocycles. The maximum absolute atomic E-state index is 15.0. The van der Waals surface area contributed by atoms with Crippen LogP contribution >= 0.6 is 0 Å². The van der Waals surface area contributed by atoms with Gasteiger partial charge in [0.1, 0.15) is 5.67 Å². The van der Waals surface area contributed by atoms with Gasteiger partial charge in [-0.1, -0.05) is 12.1 Å². The van der Waals surface area contributed by atoms with E-state index in [9.17, 15) is 0 Å². The molecule has 0 bridgehead atoms. The van der Waals surface area contributed by atoms with Gasteiger partial charge in [-0.2, -0.15) is 0 Å². The molecule has 18 heavy (non-hydrogen) atoms. The number of hydrogen-bond acceptors (Lipinski definition) is 2. The largest absolute Gasteiger partial charge is 0.317 e. The number of hydrogen-bond donors (Lipinski definition) is 1. The fourth-order valence-electron chi connectivity index (χ4n) is 2.67. The number of rotatable bonds is 1. The minimum absolute atomic E-state index is 0.554. The van der Waals surface area contributed by atoms with E-state index in [2.05, 4.69) is 10.3 Å². The Hall–Kier alpha value is -1.48. The summed E-state index contributed by atoms with van der Waals surface area (Å²) in [4.78, 5) is 4.27. The van der Waals surface area contributed by atoms with E-state index < -0.39 is 5.67 Å². The highest BCUT2D eigenvalue weighted by Gasteiger charge is 2.32. The summed E-state index contributed by atoms with van der Waals surface area (Å²) in [5.41, 5.74) is 0.538. The summed E-state index contributed by atoms with van der Waals surface area (Å²) >= 11 is 0. The third kappa shape index (κ3) is 2.10. The third-order valence-corrected chi connectivity index (χ3v) is 3.75. The lowest BCUT2D eigenvalue weighted by atomic mass is 9.88. The Morgan fingerprint density at radius 2 is 2.11 bits per heavy atom. The van der Waals surface area contributed by atoms with Crippen LogP contribution < -0.4 is 5.32 Å². The summed E-state index contributed by atoms with van der Waals surface area (Å²) in [6, 6.07) is 9.65. The highest BCUT2D eigenvalue weighted by atomic mass is 19.1. The van der Waals surface area contributed by atoms with E-state index in [0.29, 0.717) is 12.8 Å². The van der Waals surface area contributed by atoms with Crippen LogP contribution in [0.1, 0.15) is 24.8 Å². The monoisotopic (exact) mass is 244 g/mol. The number of halogens is 1. The van der Waals surface area contributed by atoms with E-state index in [1.165, 1.54) is 0 Å². The second-order valence-electron chi connectivity index (χ2n) is 4.98. The van der Waals surface area contributed by atoms with Crippen molar-refractivity contribution in [3.63, 3.8) is 0 Å². The topological polar surface area (TPSA) is 24.9 Å². The smallest absolute Gasteiger partial charge is 0.137 e. The first-order chi connectivity index (χ1) is 8.78. The number of alkyl halides is 1. The molecule has 1 atom stereocenters. The number of nitrogens with one attached hydrogen (secondary N) is 1. The van der Waals surface area contributed by atoms with Gasteiger partial charge in [0.2, 0.25) is 0 Å². The first-order valence-corrected chi connectivity index (χ1v) is 6.53. The van der Waals surface area contributed by atoms with Crippen molar-refractivity contribution in [3.8, 4) is 0 Å². The first-order valence-electron chi connectivity index (χ1n) is 6.53. The van der Waals surface area contributed by atoms with E-state index in [1.807, 2.05) is 30.3 Å². The normalized spacial score (nSPS) is 24.9. The highest BCUT2D eigenvalue weighted by molar-refractivity contribution is 5.79. The molecule has 1 saturated heterocycles. The minimum Gasteiger partial charge on any atom is -0.317 e. The van der Waals surface area contributed by atoms with Crippen molar-refractivity contribution in [2.75, 3.05) is 13.1 Å². The first kappa shape index (κ1) is 11.6. The predicted molar refractivity (Wildman–Crippen MR) is 71.2 cm³/mol. The van der Waals surface area contributed by atoms with Gasteiger partial charge in [0.25, 0.3) is 0 Å². The van der Waals surface area contributed by atoms with Gasteiger partial charge in [-0.05, 0) is 56.1 Å². The van der Waals surface area contributed by atoms with Crippen molar-refractivity contribution in [2.45, 2.75) is 24.9 Å². The summed E-state index contributed by atoms with van der Waals surface area (Å²) in [7, 11) is 0. The van der Waals surface area contributed by atoms with Crippen LogP contribution in [0.4, 0.5) is 4.39 Å². The molecule has 1 fully saturated rings. The van der Waals surface area contributed by atoms with Gasteiger partial charge in [-0.15, -0.1) is 0 Å². The fraction of sp³-hybridized carbons (Fsp3) is 0.400. The molecule has 0 amide bonds. The predicted octanol–water partition coefficient (Wildman–Crippen LogP) is 3.17. The fourth-order valence-corrected chi connectivity index (χ4v) is 2.67. The molecule has 3 rings (SSSR count). The maximum atomic E-state index is 15.0. The van der Waals surface area contributed by atoms with Gasteiger partial charge in [-0.25, -0.2) is 4.39 Å². The molecule has 1 N–H and O–H groups in total. The van der Waals surface area contributed by atoms with E-state index in [1.54, 1.807) is 6.20 Å². The quantitative estimate of drug-likeness (QED) is 0.833. The molecule has 0 radical (unpaired) electrons. The van der Waals surface area contributed by atoms with Crippen molar-refractivity contribution in [3.05, 3.63) is 42.1 Å². The lowest BCUT2D eigenvalue weighted by Gasteiger charge is -2.24. The molecule has 1 aliphatic rings. The second-order valence-corrected chi connectivity index (χ2v) is 4.98. The van der Waals surface area contributed by atoms with Crippen LogP contribution in [0.15, 0.2) is 36.5 Å². The number of fused-ring (bicyclic) bond motifs is 1. The molecule has 1 unspecified atom stereocenters. The molecule has 0 aliphatic carbocycles. The Morgan fingerprint density at radius 3 is 3.06 bits per heavy atom. The second kappa shape index (κ2) is 4.65. The Balaban J connectivity index is 2.02. The van der Waals surface area contributed by atoms with Gasteiger partial charge in [-0.3, -0.25) is 4.98 Å². The third-order valence-electron chi connectivity index (χ3n) is 3.75. The molecule has 1 aliphatic heterocycles. The zero-order chi connectivity index (χ0) is 12.4. The van der Waals surface area contributed by atoms with Gasteiger partial charge in [0, 0.05) is 11.6 Å². The van der Waals surface area contributed by atoms with Crippen LogP contribution in [0.3, 0.4) is 0 Å². The van der Waals surface area contributed by atoms with E-state index in [4.69, 9.17) is 0 Å². The van der Waals surface area contributed by atoms with Crippen molar-refractivity contribution >= 4 is 10.9 Å². The van der Waals surface area contributed by atoms with Gasteiger partial charge in [0.15, 0.2) is 0 Å². The Kier molecular flexibility index (Phi) is 3.00. The van der Waals surface area contributed by atoms with Crippen LogP contribution in [-0.2, 0) is 5.67 Å². The van der Waals surface area contributed by atoms with Crippen molar-refractivity contribution in [1.82, 2.24) is 10.3 Å². The Morgan fingerprint density at radius 1 is 1.17 bits per heavy atom. The number of aromatic nitrogens is 1. The Bertz CT molecular complexity index is 545. The van der Waals surface area contributed by atoms with Crippen molar-refractivity contribution < 1.29 is 4.39 Å². The minimum atomic E-state index is -1.19. The average Bonchev–Trinajstić information content (AvgIpc) is 2.64. The summed E-state index contributed by atoms with van der Waals surface area (Å²) in [6.45, 7) is 1.67. The molecule has 94 valence electrons. The summed E-state index contributed by atoms with van der Waals surface area (Å²) in [5, 5.41) is 4.27. The molecular weight excluding hydrogens is 227 g/mol. The van der Waals surface area contributed by atoms with Crippen LogP contribution in [0.25, 0.3) is 10.9 Å². The van der Waals surface area contributed by atoms with E-state index in [-0.39, 0.29) is 0 Å². The molecule has 0 saturated carbocycles. The van der Waals surface area contributed by atoms with Crippen molar-refractivity contribution in [1.29, 1.82) is 0 Å². The maximum Gasteiger partial charge on any atom is 0.137 e. The highest BCUT2D eigenvalue weighted by Crippen LogP contribution is 2.36. The molecule has 2 aromatic rings. The molecular formula is C15H17FN2. The summed E-state index contributed by atoms with van der Waals surface area (Å²) < 4.78 is 15.0. The zero-order valence-electron chi connectivity index (χ0n) is 10.3. The van der Waals surface area contributed by atoms with E-state index in [0.717, 1.165) is 36.0 Å². The molecule has 0 spiro atoms. The number of benzene rings is 1. The van der Waals surface area contributed by atoms with Crippen LogP contribution in [-0.4, -0.2) is 18.1 Å². The van der Waals surface area contributed by atoms with Crippen LogP contribution in [0.2, 0.25) is 0 Å².